The van der Waals surface area contributed by atoms with Crippen molar-refractivity contribution in [2.45, 2.75) is 0 Å². The van der Waals surface area contributed by atoms with E-state index >= 15 is 0 Å². The molecule has 0 fully saturated rings. The highest BCUT2D eigenvalue weighted by Crippen LogP contribution is 2.32. The molecule has 0 atom stereocenters. The van der Waals surface area contributed by atoms with Crippen molar-refractivity contribution in [1.29, 1.82) is 0 Å². The summed E-state index contributed by atoms with van der Waals surface area (Å²) in [5, 5.41) is 2.85. The summed E-state index contributed by atoms with van der Waals surface area (Å²) in [5.41, 5.74) is 0. The fourth-order valence-corrected chi connectivity index (χ4v) is 2.11. The second-order valence-corrected chi connectivity index (χ2v) is 4.04. The standard InChI is InChI=1S/C9H4BrCl2N/c10-8-7(11)5-3-1-2-4-6(5)9(12)13-8/h1-4H. The van der Waals surface area contributed by atoms with Gasteiger partial charge in [0.15, 0.2) is 0 Å². The van der Waals surface area contributed by atoms with E-state index in [1.54, 1.807) is 0 Å². The first-order valence-corrected chi connectivity index (χ1v) is 5.14. The van der Waals surface area contributed by atoms with Crippen LogP contribution in [-0.4, -0.2) is 4.98 Å². The van der Waals surface area contributed by atoms with E-state index in [2.05, 4.69) is 20.9 Å². The molecule has 0 saturated heterocycles. The van der Waals surface area contributed by atoms with Crippen LogP contribution in [0, 0.1) is 0 Å². The minimum absolute atomic E-state index is 0.465. The smallest absolute Gasteiger partial charge is 0.138 e. The SMILES string of the molecule is Clc1nc(Br)c(Cl)c2ccccc12. The zero-order chi connectivity index (χ0) is 9.42. The molecule has 1 heterocycles. The third kappa shape index (κ3) is 1.54. The lowest BCUT2D eigenvalue weighted by atomic mass is 10.2. The predicted octanol–water partition coefficient (Wildman–Crippen LogP) is 4.30. The lowest BCUT2D eigenvalue weighted by Gasteiger charge is -2.03. The average molecular weight is 277 g/mol. The zero-order valence-electron chi connectivity index (χ0n) is 6.39. The minimum Gasteiger partial charge on any atom is -0.227 e. The number of halogens is 3. The van der Waals surface area contributed by atoms with E-state index in [9.17, 15) is 0 Å². The lowest BCUT2D eigenvalue weighted by molar-refractivity contribution is 1.31. The second-order valence-electron chi connectivity index (χ2n) is 2.55. The van der Waals surface area contributed by atoms with Crippen LogP contribution in [0.25, 0.3) is 10.8 Å². The molecule has 0 N–H and O–H groups in total. The summed E-state index contributed by atoms with van der Waals surface area (Å²) in [4.78, 5) is 4.05. The molecular formula is C9H4BrCl2N. The molecule has 0 amide bonds. The Labute approximate surface area is 93.8 Å². The molecule has 0 aliphatic heterocycles. The largest absolute Gasteiger partial charge is 0.227 e. The van der Waals surface area contributed by atoms with Crippen LogP contribution in [-0.2, 0) is 0 Å². The number of hydrogen-bond donors (Lipinski definition) is 0. The Hall–Kier alpha value is -0.310. The molecule has 66 valence electrons. The van der Waals surface area contributed by atoms with Crippen LogP contribution in [0.5, 0.6) is 0 Å². The third-order valence-corrected chi connectivity index (χ3v) is 3.24. The van der Waals surface area contributed by atoms with Gasteiger partial charge < -0.3 is 0 Å². The molecular weight excluding hydrogens is 273 g/mol. The lowest BCUT2D eigenvalue weighted by Crippen LogP contribution is -1.83. The number of hydrogen-bond acceptors (Lipinski definition) is 1. The summed E-state index contributed by atoms with van der Waals surface area (Å²) < 4.78 is 0.581. The maximum absolute atomic E-state index is 6.03. The van der Waals surface area contributed by atoms with Gasteiger partial charge in [-0.05, 0) is 15.9 Å². The van der Waals surface area contributed by atoms with Crippen molar-refractivity contribution in [3.05, 3.63) is 39.0 Å². The van der Waals surface area contributed by atoms with Gasteiger partial charge >= 0.3 is 0 Å². The van der Waals surface area contributed by atoms with Crippen LogP contribution in [0.2, 0.25) is 10.2 Å². The molecule has 2 rings (SSSR count). The van der Waals surface area contributed by atoms with Crippen LogP contribution in [0.1, 0.15) is 0 Å². The maximum atomic E-state index is 6.03. The minimum atomic E-state index is 0.465. The van der Waals surface area contributed by atoms with Crippen LogP contribution >= 0.6 is 39.1 Å². The summed E-state index contributed by atoms with van der Waals surface area (Å²) >= 11 is 15.2. The first-order valence-electron chi connectivity index (χ1n) is 3.59. The molecule has 0 radical (unpaired) electrons. The summed E-state index contributed by atoms with van der Waals surface area (Å²) in [7, 11) is 0. The van der Waals surface area contributed by atoms with Crippen LogP contribution in [0.3, 0.4) is 0 Å². The number of nitrogens with zero attached hydrogens (tertiary/aromatic N) is 1. The van der Waals surface area contributed by atoms with E-state index in [4.69, 9.17) is 23.2 Å². The Morgan fingerprint density at radius 1 is 1.08 bits per heavy atom. The quantitative estimate of drug-likeness (QED) is 0.654. The van der Waals surface area contributed by atoms with Crippen molar-refractivity contribution in [3.8, 4) is 0 Å². The van der Waals surface area contributed by atoms with Gasteiger partial charge in [0.25, 0.3) is 0 Å². The van der Waals surface area contributed by atoms with E-state index in [1.165, 1.54) is 0 Å². The van der Waals surface area contributed by atoms with E-state index in [1.807, 2.05) is 24.3 Å². The second kappa shape index (κ2) is 3.45. The van der Waals surface area contributed by atoms with Crippen molar-refractivity contribution in [3.63, 3.8) is 0 Å². The molecule has 0 saturated carbocycles. The van der Waals surface area contributed by atoms with Crippen molar-refractivity contribution in [2.24, 2.45) is 0 Å². The van der Waals surface area contributed by atoms with Gasteiger partial charge in [-0.2, -0.15) is 0 Å². The molecule has 0 bridgehead atoms. The van der Waals surface area contributed by atoms with Crippen LogP contribution < -0.4 is 0 Å². The molecule has 13 heavy (non-hydrogen) atoms. The van der Waals surface area contributed by atoms with E-state index < -0.39 is 0 Å². The van der Waals surface area contributed by atoms with E-state index in [0.717, 1.165) is 10.8 Å². The first-order chi connectivity index (χ1) is 6.20. The van der Waals surface area contributed by atoms with Crippen molar-refractivity contribution in [2.75, 3.05) is 0 Å². The monoisotopic (exact) mass is 275 g/mol. The number of rotatable bonds is 0. The number of aromatic nitrogens is 1. The zero-order valence-corrected chi connectivity index (χ0v) is 9.49. The van der Waals surface area contributed by atoms with Crippen molar-refractivity contribution >= 4 is 49.9 Å². The summed E-state index contributed by atoms with van der Waals surface area (Å²) in [5.74, 6) is 0. The number of fused-ring (bicyclic) bond motifs is 1. The molecule has 0 spiro atoms. The Morgan fingerprint density at radius 3 is 2.38 bits per heavy atom. The Bertz CT molecular complexity index is 470. The van der Waals surface area contributed by atoms with Gasteiger partial charge in [-0.3, -0.25) is 0 Å². The average Bonchev–Trinajstić information content (AvgIpc) is 2.15. The highest BCUT2D eigenvalue weighted by Gasteiger charge is 2.07. The van der Waals surface area contributed by atoms with Gasteiger partial charge in [-0.15, -0.1) is 0 Å². The Balaban J connectivity index is 2.97. The molecule has 1 nitrogen and oxygen atoms in total. The van der Waals surface area contributed by atoms with Crippen LogP contribution in [0.4, 0.5) is 0 Å². The number of pyridine rings is 1. The molecule has 4 heteroatoms. The van der Waals surface area contributed by atoms with Gasteiger partial charge in [0.2, 0.25) is 0 Å². The van der Waals surface area contributed by atoms with Gasteiger partial charge in [0.1, 0.15) is 9.76 Å². The summed E-state index contributed by atoms with van der Waals surface area (Å²) in [6.45, 7) is 0. The van der Waals surface area contributed by atoms with E-state index in [0.29, 0.717) is 14.8 Å². The fraction of sp³-hybridized carbons (Fsp3) is 0. The van der Waals surface area contributed by atoms with Gasteiger partial charge in [0, 0.05) is 10.8 Å². The molecule has 0 aliphatic rings. The first kappa shape index (κ1) is 9.25. The molecule has 0 aliphatic carbocycles. The highest BCUT2D eigenvalue weighted by atomic mass is 79.9. The normalized spacial score (nSPS) is 10.7. The molecule has 0 unspecified atom stereocenters. The summed E-state index contributed by atoms with van der Waals surface area (Å²) in [6.07, 6.45) is 0. The van der Waals surface area contributed by atoms with Gasteiger partial charge in [-0.1, -0.05) is 47.5 Å². The molecule has 1 aromatic carbocycles. The van der Waals surface area contributed by atoms with Crippen molar-refractivity contribution < 1.29 is 0 Å². The van der Waals surface area contributed by atoms with Crippen LogP contribution in [0.15, 0.2) is 28.9 Å². The Morgan fingerprint density at radius 2 is 1.69 bits per heavy atom. The summed E-state index contributed by atoms with van der Waals surface area (Å²) in [6, 6.07) is 7.62. The van der Waals surface area contributed by atoms with Gasteiger partial charge in [0.05, 0.1) is 5.02 Å². The number of benzene rings is 1. The third-order valence-electron chi connectivity index (χ3n) is 1.76. The fourth-order valence-electron chi connectivity index (χ4n) is 1.16. The molecule has 2 aromatic rings. The topological polar surface area (TPSA) is 12.9 Å². The molecule has 1 aromatic heterocycles. The van der Waals surface area contributed by atoms with Crippen molar-refractivity contribution in [1.82, 2.24) is 4.98 Å². The highest BCUT2D eigenvalue weighted by molar-refractivity contribution is 9.10. The van der Waals surface area contributed by atoms with E-state index in [-0.39, 0.29) is 0 Å². The Kier molecular flexibility index (Phi) is 2.45. The maximum Gasteiger partial charge on any atom is 0.138 e. The van der Waals surface area contributed by atoms with Gasteiger partial charge in [-0.25, -0.2) is 4.98 Å². The predicted molar refractivity (Wildman–Crippen MR) is 59.5 cm³/mol.